The number of nitrogens with zero attached hydrogens (tertiary/aromatic N) is 1. The van der Waals surface area contributed by atoms with Crippen molar-refractivity contribution in [2.45, 2.75) is 123 Å². The van der Waals surface area contributed by atoms with Gasteiger partial charge in [-0.1, -0.05) is 109 Å². The molecule has 2 atom stereocenters. The van der Waals surface area contributed by atoms with Gasteiger partial charge in [-0.15, -0.1) is 0 Å². The molecule has 0 radical (unpaired) electrons. The van der Waals surface area contributed by atoms with Crippen molar-refractivity contribution < 1.29 is 32.7 Å². The van der Waals surface area contributed by atoms with Gasteiger partial charge in [0.25, 0.3) is 0 Å². The summed E-state index contributed by atoms with van der Waals surface area (Å²) in [5, 5.41) is 0. The zero-order valence-corrected chi connectivity index (χ0v) is 27.8. The zero-order chi connectivity index (χ0) is 30.2. The Balaban J connectivity index is 2.26. The van der Waals surface area contributed by atoms with E-state index in [-0.39, 0.29) is 13.2 Å². The van der Waals surface area contributed by atoms with Gasteiger partial charge in [0.1, 0.15) is 12.4 Å². The van der Waals surface area contributed by atoms with Crippen LogP contribution in [0, 0.1) is 0 Å². The summed E-state index contributed by atoms with van der Waals surface area (Å²) in [4.78, 5) is 21.7. The van der Waals surface area contributed by atoms with Crippen LogP contribution >= 0.6 is 8.60 Å². The molecule has 0 aromatic heterocycles. The van der Waals surface area contributed by atoms with Gasteiger partial charge in [-0.2, -0.15) is 0 Å². The molecule has 238 valence electrons. The van der Waals surface area contributed by atoms with Gasteiger partial charge in [-0.3, -0.25) is 4.79 Å². The van der Waals surface area contributed by atoms with Crippen molar-refractivity contribution in [3.8, 4) is 5.75 Å². The molecular weight excluding hydrogens is 537 g/mol. The minimum atomic E-state index is -2.03. The van der Waals surface area contributed by atoms with E-state index in [1.165, 1.54) is 96.0 Å². The molecular formula is C33H61NO6P+. The summed E-state index contributed by atoms with van der Waals surface area (Å²) in [6, 6.07) is 8.05. The fourth-order valence-corrected chi connectivity index (χ4v) is 5.41. The van der Waals surface area contributed by atoms with Gasteiger partial charge in [0.05, 0.1) is 40.9 Å². The topological polar surface area (TPSA) is 74.2 Å². The number of esters is 1. The molecule has 0 amide bonds. The monoisotopic (exact) mass is 598 g/mol. The first-order chi connectivity index (χ1) is 19.7. The third-order valence-electron chi connectivity index (χ3n) is 7.08. The Kier molecular flexibility index (Phi) is 22.3. The number of carbonyl (C=O) groups excluding carboxylic acids is 1. The van der Waals surface area contributed by atoms with E-state index in [1.807, 2.05) is 18.2 Å². The van der Waals surface area contributed by atoms with E-state index in [1.54, 1.807) is 0 Å². The highest BCUT2D eigenvalue weighted by Crippen LogP contribution is 2.33. The molecule has 2 unspecified atom stereocenters. The molecule has 0 bridgehead atoms. The van der Waals surface area contributed by atoms with Crippen LogP contribution in [0.25, 0.3) is 0 Å². The number of hydrogen-bond acceptors (Lipinski definition) is 6. The highest BCUT2D eigenvalue weighted by Gasteiger charge is 2.18. The molecule has 7 nitrogen and oxygen atoms in total. The minimum Gasteiger partial charge on any atom is -0.489 e. The number of benzene rings is 1. The first kappa shape index (κ1) is 37.8. The standard InChI is InChI=1S/C33H61NO6P/c1-6-7-8-9-10-11-12-13-14-15-16-17-18-19-23-31-24-20-21-25-33(31)37-28-32(40-30(2)35)29-39-41(36)38-27-22-26-34(3,4)5/h20-21,24-25,32,36H,6-19,22-23,26-29H2,1-5H3/q+1. The second-order valence-electron chi connectivity index (χ2n) is 12.2. The molecule has 0 spiro atoms. The molecule has 0 aliphatic rings. The van der Waals surface area contributed by atoms with Crippen molar-refractivity contribution in [3.05, 3.63) is 29.8 Å². The molecule has 0 saturated heterocycles. The van der Waals surface area contributed by atoms with Crippen molar-refractivity contribution in [3.63, 3.8) is 0 Å². The summed E-state index contributed by atoms with van der Waals surface area (Å²) in [7, 11) is 4.30. The summed E-state index contributed by atoms with van der Waals surface area (Å²) in [6.45, 7) is 5.15. The van der Waals surface area contributed by atoms with Gasteiger partial charge in [-0.25, -0.2) is 0 Å². The van der Waals surface area contributed by atoms with Crippen molar-refractivity contribution in [1.82, 2.24) is 0 Å². The summed E-state index contributed by atoms with van der Waals surface area (Å²) in [6.07, 6.45) is 20.0. The second-order valence-corrected chi connectivity index (χ2v) is 13.2. The van der Waals surface area contributed by atoms with Crippen LogP contribution in [-0.2, 0) is 25.0 Å². The average molecular weight is 599 g/mol. The lowest BCUT2D eigenvalue weighted by Crippen LogP contribution is -2.35. The maximum absolute atomic E-state index is 11.6. The Morgan fingerprint density at radius 3 is 1.93 bits per heavy atom. The molecule has 1 rings (SSSR count). The maximum Gasteiger partial charge on any atom is 0.329 e. The van der Waals surface area contributed by atoms with Gasteiger partial charge < -0.3 is 27.9 Å². The number of quaternary nitrogens is 1. The van der Waals surface area contributed by atoms with E-state index in [0.717, 1.165) is 36.0 Å². The normalized spacial score (nSPS) is 13.2. The van der Waals surface area contributed by atoms with E-state index < -0.39 is 20.7 Å². The fraction of sp³-hybridized carbons (Fsp3) is 0.788. The van der Waals surface area contributed by atoms with Crippen LogP contribution in [0.5, 0.6) is 5.75 Å². The summed E-state index contributed by atoms with van der Waals surface area (Å²) in [5.74, 6) is 0.395. The molecule has 8 heteroatoms. The molecule has 0 fully saturated rings. The molecule has 1 aromatic carbocycles. The second kappa shape index (κ2) is 24.2. The summed E-state index contributed by atoms with van der Waals surface area (Å²) >= 11 is 0. The third kappa shape index (κ3) is 23.0. The molecule has 0 aliphatic carbocycles. The van der Waals surface area contributed by atoms with Crippen molar-refractivity contribution in [2.75, 3.05) is 47.5 Å². The Morgan fingerprint density at radius 2 is 1.37 bits per heavy atom. The molecule has 0 saturated carbocycles. The van der Waals surface area contributed by atoms with Crippen LogP contribution in [-0.4, -0.2) is 69.0 Å². The quantitative estimate of drug-likeness (QED) is 0.0475. The predicted octanol–water partition coefficient (Wildman–Crippen LogP) is 8.37. The van der Waals surface area contributed by atoms with Crippen molar-refractivity contribution >= 4 is 14.6 Å². The Labute approximate surface area is 252 Å². The highest BCUT2D eigenvalue weighted by molar-refractivity contribution is 7.40. The Bertz CT molecular complexity index is 772. The first-order valence-corrected chi connectivity index (χ1v) is 17.3. The molecule has 41 heavy (non-hydrogen) atoms. The van der Waals surface area contributed by atoms with Crippen LogP contribution < -0.4 is 4.74 Å². The molecule has 1 aromatic rings. The van der Waals surface area contributed by atoms with E-state index in [2.05, 4.69) is 34.1 Å². The first-order valence-electron chi connectivity index (χ1n) is 16.1. The Hall–Kier alpha value is -1.24. The van der Waals surface area contributed by atoms with Crippen LogP contribution in [0.15, 0.2) is 24.3 Å². The van der Waals surface area contributed by atoms with Crippen LogP contribution in [0.2, 0.25) is 0 Å². The lowest BCUT2D eigenvalue weighted by molar-refractivity contribution is -0.870. The van der Waals surface area contributed by atoms with Gasteiger partial charge in [-0.05, 0) is 24.5 Å². The lowest BCUT2D eigenvalue weighted by Gasteiger charge is -2.24. The van der Waals surface area contributed by atoms with Crippen LogP contribution in [0.3, 0.4) is 0 Å². The van der Waals surface area contributed by atoms with E-state index in [0.29, 0.717) is 6.61 Å². The lowest BCUT2D eigenvalue weighted by atomic mass is 10.0. The van der Waals surface area contributed by atoms with Crippen molar-refractivity contribution in [2.24, 2.45) is 0 Å². The largest absolute Gasteiger partial charge is 0.489 e. The summed E-state index contributed by atoms with van der Waals surface area (Å²) < 4.78 is 23.1. The van der Waals surface area contributed by atoms with E-state index in [4.69, 9.17) is 18.5 Å². The smallest absolute Gasteiger partial charge is 0.329 e. The van der Waals surface area contributed by atoms with Crippen molar-refractivity contribution in [1.29, 1.82) is 0 Å². The van der Waals surface area contributed by atoms with Gasteiger partial charge in [0, 0.05) is 13.3 Å². The van der Waals surface area contributed by atoms with Crippen LogP contribution in [0.1, 0.15) is 116 Å². The average Bonchev–Trinajstić information content (AvgIpc) is 2.92. The van der Waals surface area contributed by atoms with E-state index >= 15 is 0 Å². The highest BCUT2D eigenvalue weighted by atomic mass is 31.2. The number of hydrogen-bond donors (Lipinski definition) is 1. The SMILES string of the molecule is CCCCCCCCCCCCCCCCc1ccccc1OCC(COP(O)OCCC[N+](C)(C)C)OC(C)=O. The zero-order valence-electron chi connectivity index (χ0n) is 26.9. The number of ether oxygens (including phenoxy) is 2. The molecule has 0 heterocycles. The summed E-state index contributed by atoms with van der Waals surface area (Å²) in [5.41, 5.74) is 1.17. The maximum atomic E-state index is 11.6. The van der Waals surface area contributed by atoms with Crippen LogP contribution in [0.4, 0.5) is 0 Å². The van der Waals surface area contributed by atoms with E-state index in [9.17, 15) is 9.69 Å². The van der Waals surface area contributed by atoms with Gasteiger partial charge >= 0.3 is 14.6 Å². The molecule has 0 aliphatic heterocycles. The number of aryl methyl sites for hydroxylation is 1. The number of rotatable bonds is 27. The predicted molar refractivity (Wildman–Crippen MR) is 170 cm³/mol. The fourth-order valence-electron chi connectivity index (χ4n) is 4.76. The van der Waals surface area contributed by atoms with Gasteiger partial charge in [0.15, 0.2) is 6.10 Å². The third-order valence-corrected chi connectivity index (χ3v) is 7.85. The van der Waals surface area contributed by atoms with Gasteiger partial charge in [0.2, 0.25) is 0 Å². The molecule has 1 N–H and O–H groups in total. The minimum absolute atomic E-state index is 0.0121. The number of para-hydroxylation sites is 1. The number of carbonyl (C=O) groups is 1. The Morgan fingerprint density at radius 1 is 0.805 bits per heavy atom. The number of unbranched alkanes of at least 4 members (excludes halogenated alkanes) is 13.